The van der Waals surface area contributed by atoms with E-state index in [0.717, 1.165) is 6.04 Å². The number of hydrogen-bond donors (Lipinski definition) is 1. The van der Waals surface area contributed by atoms with E-state index in [9.17, 15) is 0 Å². The van der Waals surface area contributed by atoms with Crippen LogP contribution in [-0.4, -0.2) is 37.6 Å². The lowest BCUT2D eigenvalue weighted by Gasteiger charge is -2.35. The normalized spacial score (nSPS) is 21.0. The largest absolute Gasteiger partial charge is 0.317 e. The van der Waals surface area contributed by atoms with E-state index in [-0.39, 0.29) is 0 Å². The molecule has 0 spiro atoms. The molecule has 0 aliphatic heterocycles. The maximum atomic E-state index is 3.27. The molecule has 0 amide bonds. The van der Waals surface area contributed by atoms with Crippen LogP contribution in [0, 0.1) is 0 Å². The van der Waals surface area contributed by atoms with Crippen molar-refractivity contribution in [3.8, 4) is 0 Å². The molecule has 1 N–H and O–H groups in total. The van der Waals surface area contributed by atoms with Crippen LogP contribution in [0.4, 0.5) is 0 Å². The first kappa shape index (κ1) is 10.0. The second kappa shape index (κ2) is 4.83. The minimum atomic E-state index is 0.660. The highest BCUT2D eigenvalue weighted by Crippen LogP contribution is 2.23. The molecule has 1 fully saturated rings. The zero-order valence-corrected chi connectivity index (χ0v) is 8.64. The molecule has 0 saturated heterocycles. The number of hydrogen-bond acceptors (Lipinski definition) is 2. The van der Waals surface area contributed by atoms with Gasteiger partial charge >= 0.3 is 0 Å². The molecule has 1 rings (SSSR count). The maximum Gasteiger partial charge on any atom is 0.00922 e. The number of nitrogens with one attached hydrogen (secondary N) is 1. The topological polar surface area (TPSA) is 15.3 Å². The third-order valence-corrected chi connectivity index (χ3v) is 3.11. The van der Waals surface area contributed by atoms with Crippen LogP contribution < -0.4 is 5.32 Å². The van der Waals surface area contributed by atoms with Crippen LogP contribution in [0.25, 0.3) is 0 Å². The van der Waals surface area contributed by atoms with Gasteiger partial charge in [0.25, 0.3) is 0 Å². The van der Waals surface area contributed by atoms with E-state index >= 15 is 0 Å². The van der Waals surface area contributed by atoms with Crippen LogP contribution in [0.5, 0.6) is 0 Å². The van der Waals surface area contributed by atoms with Gasteiger partial charge in [-0.15, -0.1) is 0 Å². The number of nitrogens with zero attached hydrogens (tertiary/aromatic N) is 1. The van der Waals surface area contributed by atoms with Crippen molar-refractivity contribution in [2.24, 2.45) is 0 Å². The van der Waals surface area contributed by atoms with Gasteiger partial charge in [-0.25, -0.2) is 0 Å². The summed E-state index contributed by atoms with van der Waals surface area (Å²) in [5.74, 6) is 0. The Balaban J connectivity index is 2.05. The first-order valence-corrected chi connectivity index (χ1v) is 5.11. The Morgan fingerprint density at radius 2 is 2.17 bits per heavy atom. The zero-order valence-electron chi connectivity index (χ0n) is 8.64. The van der Waals surface area contributed by atoms with Crippen LogP contribution in [0.15, 0.2) is 0 Å². The molecule has 2 nitrogen and oxygen atoms in total. The summed E-state index contributed by atoms with van der Waals surface area (Å²) in [5, 5.41) is 3.27. The highest BCUT2D eigenvalue weighted by atomic mass is 15.1. The smallest absolute Gasteiger partial charge is 0.00922 e. The summed E-state index contributed by atoms with van der Waals surface area (Å²) in [6.45, 7) is 3.49. The van der Waals surface area contributed by atoms with Crippen molar-refractivity contribution in [3.05, 3.63) is 0 Å². The molecule has 1 saturated carbocycles. The van der Waals surface area contributed by atoms with Crippen LogP contribution in [-0.2, 0) is 0 Å². The zero-order chi connectivity index (χ0) is 8.97. The van der Waals surface area contributed by atoms with Gasteiger partial charge in [0.1, 0.15) is 0 Å². The average Bonchev–Trinajstić information content (AvgIpc) is 1.97. The molecule has 1 aliphatic carbocycles. The molecule has 12 heavy (non-hydrogen) atoms. The molecule has 0 aromatic carbocycles. The first-order chi connectivity index (χ1) is 5.74. The first-order valence-electron chi connectivity index (χ1n) is 5.11. The Hall–Kier alpha value is -0.0800. The summed E-state index contributed by atoms with van der Waals surface area (Å²) in [4.78, 5) is 2.51. The van der Waals surface area contributed by atoms with E-state index in [1.807, 2.05) is 7.05 Å². The number of rotatable bonds is 5. The van der Waals surface area contributed by atoms with Crippen molar-refractivity contribution < 1.29 is 0 Å². The van der Waals surface area contributed by atoms with Crippen LogP contribution in [0.2, 0.25) is 0 Å². The van der Waals surface area contributed by atoms with E-state index in [4.69, 9.17) is 0 Å². The lowest BCUT2D eigenvalue weighted by atomic mass is 9.92. The monoisotopic (exact) mass is 170 g/mol. The molecule has 0 aromatic heterocycles. The average molecular weight is 170 g/mol. The van der Waals surface area contributed by atoms with E-state index in [1.54, 1.807) is 0 Å². The minimum absolute atomic E-state index is 0.660. The molecule has 1 unspecified atom stereocenters. The predicted molar refractivity (Wildman–Crippen MR) is 53.4 cm³/mol. The summed E-state index contributed by atoms with van der Waals surface area (Å²) in [6, 6.07) is 1.56. The van der Waals surface area contributed by atoms with Crippen molar-refractivity contribution >= 4 is 0 Å². The molecule has 0 bridgehead atoms. The van der Waals surface area contributed by atoms with Gasteiger partial charge in [0.15, 0.2) is 0 Å². The van der Waals surface area contributed by atoms with Gasteiger partial charge in [-0.05, 0) is 46.8 Å². The lowest BCUT2D eigenvalue weighted by Crippen LogP contribution is -2.39. The summed E-state index contributed by atoms with van der Waals surface area (Å²) >= 11 is 0. The van der Waals surface area contributed by atoms with Crippen LogP contribution in [0.1, 0.15) is 32.6 Å². The van der Waals surface area contributed by atoms with Gasteiger partial charge in [0.2, 0.25) is 0 Å². The highest BCUT2D eigenvalue weighted by molar-refractivity contribution is 4.78. The molecular weight excluding hydrogens is 148 g/mol. The molecule has 2 heteroatoms. The molecule has 1 aliphatic rings. The third-order valence-electron chi connectivity index (χ3n) is 3.11. The molecule has 0 radical (unpaired) electrons. The Bertz CT molecular complexity index is 121. The van der Waals surface area contributed by atoms with E-state index in [0.29, 0.717) is 6.04 Å². The third kappa shape index (κ3) is 2.76. The maximum absolute atomic E-state index is 3.27. The van der Waals surface area contributed by atoms with Crippen LogP contribution >= 0.6 is 0 Å². The quantitative estimate of drug-likeness (QED) is 0.672. The van der Waals surface area contributed by atoms with Crippen LogP contribution in [0.3, 0.4) is 0 Å². The lowest BCUT2D eigenvalue weighted by molar-refractivity contribution is 0.154. The van der Waals surface area contributed by atoms with Gasteiger partial charge < -0.3 is 10.2 Å². The van der Waals surface area contributed by atoms with Gasteiger partial charge in [0.05, 0.1) is 0 Å². The van der Waals surface area contributed by atoms with E-state index in [1.165, 1.54) is 32.2 Å². The minimum Gasteiger partial charge on any atom is -0.317 e. The molecule has 0 heterocycles. The standard InChI is InChI=1S/C10H22N2/c1-9(11-2)7-8-12(3)10-5-4-6-10/h9-11H,4-8H2,1-3H3. The fourth-order valence-electron chi connectivity index (χ4n) is 1.55. The fourth-order valence-corrected chi connectivity index (χ4v) is 1.55. The Labute approximate surface area is 76.3 Å². The van der Waals surface area contributed by atoms with Crippen molar-refractivity contribution in [1.29, 1.82) is 0 Å². The Morgan fingerprint density at radius 1 is 1.50 bits per heavy atom. The Kier molecular flexibility index (Phi) is 4.02. The van der Waals surface area contributed by atoms with Gasteiger partial charge in [-0.3, -0.25) is 0 Å². The Morgan fingerprint density at radius 3 is 2.58 bits per heavy atom. The summed E-state index contributed by atoms with van der Waals surface area (Å²) < 4.78 is 0. The van der Waals surface area contributed by atoms with E-state index < -0.39 is 0 Å². The van der Waals surface area contributed by atoms with Gasteiger partial charge in [0, 0.05) is 12.1 Å². The van der Waals surface area contributed by atoms with E-state index in [2.05, 4.69) is 24.2 Å². The fraction of sp³-hybridized carbons (Fsp3) is 1.00. The van der Waals surface area contributed by atoms with Crippen molar-refractivity contribution in [3.63, 3.8) is 0 Å². The van der Waals surface area contributed by atoms with Gasteiger partial charge in [-0.2, -0.15) is 0 Å². The van der Waals surface area contributed by atoms with Crippen molar-refractivity contribution in [2.45, 2.75) is 44.7 Å². The molecular formula is C10H22N2. The summed E-state index contributed by atoms with van der Waals surface area (Å²) in [5.41, 5.74) is 0. The summed E-state index contributed by atoms with van der Waals surface area (Å²) in [7, 11) is 4.29. The van der Waals surface area contributed by atoms with Gasteiger partial charge in [-0.1, -0.05) is 6.42 Å². The predicted octanol–water partition coefficient (Wildman–Crippen LogP) is 1.47. The SMILES string of the molecule is CNC(C)CCN(C)C1CCC1. The molecule has 0 aromatic rings. The van der Waals surface area contributed by atoms with Crippen molar-refractivity contribution in [2.75, 3.05) is 20.6 Å². The second-order valence-corrected chi connectivity index (χ2v) is 4.04. The van der Waals surface area contributed by atoms with Crippen molar-refractivity contribution in [1.82, 2.24) is 10.2 Å². The highest BCUT2D eigenvalue weighted by Gasteiger charge is 2.21. The second-order valence-electron chi connectivity index (χ2n) is 4.04. The summed E-state index contributed by atoms with van der Waals surface area (Å²) in [6.07, 6.45) is 5.55. The molecule has 72 valence electrons. The molecule has 1 atom stereocenters.